The van der Waals surface area contributed by atoms with Gasteiger partial charge in [0.1, 0.15) is 5.75 Å². The molecule has 0 saturated carbocycles. The molecular formula is C16H28N2O. The minimum absolute atomic E-state index is 0.0115. The van der Waals surface area contributed by atoms with Crippen molar-refractivity contribution in [2.45, 2.75) is 60.1 Å². The van der Waals surface area contributed by atoms with E-state index in [1.54, 1.807) is 6.20 Å². The Hall–Kier alpha value is -1.09. The monoisotopic (exact) mass is 264 g/mol. The summed E-state index contributed by atoms with van der Waals surface area (Å²) in [4.78, 5) is 4.22. The molecule has 0 saturated heterocycles. The molecule has 1 aromatic heterocycles. The Bertz CT molecular complexity index is 396. The molecular weight excluding hydrogens is 236 g/mol. The molecule has 0 amide bonds. The highest BCUT2D eigenvalue weighted by Gasteiger charge is 2.23. The van der Waals surface area contributed by atoms with E-state index in [9.17, 15) is 0 Å². The molecule has 3 heteroatoms. The van der Waals surface area contributed by atoms with Crippen LogP contribution in [0.5, 0.6) is 5.75 Å². The van der Waals surface area contributed by atoms with Crippen molar-refractivity contribution >= 4 is 0 Å². The van der Waals surface area contributed by atoms with Gasteiger partial charge in [-0.25, -0.2) is 0 Å². The van der Waals surface area contributed by atoms with E-state index >= 15 is 0 Å². The minimum Gasteiger partial charge on any atom is -0.489 e. The van der Waals surface area contributed by atoms with Crippen LogP contribution in [0.15, 0.2) is 18.5 Å². The molecule has 108 valence electrons. The second kappa shape index (κ2) is 6.38. The number of nitrogens with two attached hydrogens (primary N) is 1. The molecule has 0 aliphatic rings. The van der Waals surface area contributed by atoms with Crippen molar-refractivity contribution in [1.82, 2.24) is 4.98 Å². The Morgan fingerprint density at radius 3 is 2.37 bits per heavy atom. The summed E-state index contributed by atoms with van der Waals surface area (Å²) in [6.07, 6.45) is 4.69. The van der Waals surface area contributed by atoms with Crippen molar-refractivity contribution < 1.29 is 4.74 Å². The lowest BCUT2D eigenvalue weighted by atomic mass is 9.78. The highest BCUT2D eigenvalue weighted by atomic mass is 16.5. The van der Waals surface area contributed by atoms with Gasteiger partial charge in [-0.15, -0.1) is 0 Å². The largest absolute Gasteiger partial charge is 0.489 e. The third kappa shape index (κ3) is 5.19. The number of hydrogen-bond donors (Lipinski definition) is 1. The predicted octanol–water partition coefficient (Wildman–Crippen LogP) is 3.94. The maximum absolute atomic E-state index is 6.30. The molecule has 19 heavy (non-hydrogen) atoms. The van der Waals surface area contributed by atoms with E-state index in [-0.39, 0.29) is 17.6 Å². The van der Waals surface area contributed by atoms with Gasteiger partial charge in [-0.2, -0.15) is 0 Å². The first kappa shape index (κ1) is 16.0. The maximum atomic E-state index is 6.30. The van der Waals surface area contributed by atoms with E-state index < -0.39 is 0 Å². The molecule has 0 radical (unpaired) electrons. The van der Waals surface area contributed by atoms with Crippen LogP contribution < -0.4 is 10.5 Å². The molecule has 2 unspecified atom stereocenters. The summed E-state index contributed by atoms with van der Waals surface area (Å²) in [7, 11) is 0. The summed E-state index contributed by atoms with van der Waals surface area (Å²) in [5, 5.41) is 0. The smallest absolute Gasteiger partial charge is 0.138 e. The molecule has 0 spiro atoms. The number of aromatic nitrogens is 1. The van der Waals surface area contributed by atoms with Gasteiger partial charge < -0.3 is 10.5 Å². The fraction of sp³-hybridized carbons (Fsp3) is 0.688. The van der Waals surface area contributed by atoms with Gasteiger partial charge in [-0.3, -0.25) is 4.98 Å². The second-order valence-electron chi connectivity index (χ2n) is 6.73. The topological polar surface area (TPSA) is 48.1 Å². The first-order chi connectivity index (χ1) is 8.70. The molecule has 0 aliphatic carbocycles. The van der Waals surface area contributed by atoms with Gasteiger partial charge >= 0.3 is 0 Å². The van der Waals surface area contributed by atoms with Crippen LogP contribution in [0.4, 0.5) is 0 Å². The molecule has 0 aromatic carbocycles. The third-order valence-electron chi connectivity index (χ3n) is 3.62. The van der Waals surface area contributed by atoms with E-state index in [0.717, 1.165) is 17.7 Å². The Kier molecular flexibility index (Phi) is 5.36. The lowest BCUT2D eigenvalue weighted by molar-refractivity contribution is 0.232. The molecule has 2 N–H and O–H groups in total. The number of hydrogen-bond acceptors (Lipinski definition) is 3. The minimum atomic E-state index is 0.0115. The SMILES string of the molecule is CC(C)Oc1cncc(C(N)CC(C)C(C)(C)C)c1. The number of ether oxygens (including phenoxy) is 1. The van der Waals surface area contributed by atoms with Crippen LogP contribution in [0.25, 0.3) is 0 Å². The van der Waals surface area contributed by atoms with Crippen LogP contribution in [0, 0.1) is 11.3 Å². The van der Waals surface area contributed by atoms with Gasteiger partial charge in [0.05, 0.1) is 12.3 Å². The zero-order valence-electron chi connectivity index (χ0n) is 13.1. The number of pyridine rings is 1. The van der Waals surface area contributed by atoms with E-state index in [0.29, 0.717) is 5.92 Å². The normalized spacial score (nSPS) is 15.4. The van der Waals surface area contributed by atoms with Crippen LogP contribution in [-0.4, -0.2) is 11.1 Å². The molecule has 1 aromatic rings. The summed E-state index contributed by atoms with van der Waals surface area (Å²) >= 11 is 0. The van der Waals surface area contributed by atoms with Crippen LogP contribution in [0.3, 0.4) is 0 Å². The fourth-order valence-electron chi connectivity index (χ4n) is 1.85. The van der Waals surface area contributed by atoms with Crippen LogP contribution in [-0.2, 0) is 0 Å². The first-order valence-electron chi connectivity index (χ1n) is 7.07. The molecule has 0 bridgehead atoms. The summed E-state index contributed by atoms with van der Waals surface area (Å²) in [5.74, 6) is 1.35. The van der Waals surface area contributed by atoms with Gasteiger partial charge in [0.2, 0.25) is 0 Å². The fourth-order valence-corrected chi connectivity index (χ4v) is 1.85. The molecule has 3 nitrogen and oxygen atoms in total. The summed E-state index contributed by atoms with van der Waals surface area (Å²) in [6.45, 7) is 13.0. The zero-order valence-corrected chi connectivity index (χ0v) is 13.1. The highest BCUT2D eigenvalue weighted by molar-refractivity contribution is 5.26. The van der Waals surface area contributed by atoms with E-state index in [2.05, 4.69) is 32.7 Å². The number of nitrogens with zero attached hydrogens (tertiary/aromatic N) is 1. The second-order valence-corrected chi connectivity index (χ2v) is 6.73. The van der Waals surface area contributed by atoms with Crippen molar-refractivity contribution in [3.05, 3.63) is 24.0 Å². The summed E-state index contributed by atoms with van der Waals surface area (Å²) in [6, 6.07) is 2.02. The van der Waals surface area contributed by atoms with Crippen molar-refractivity contribution in [3.8, 4) is 5.75 Å². The Morgan fingerprint density at radius 2 is 1.84 bits per heavy atom. The predicted molar refractivity (Wildman–Crippen MR) is 80.2 cm³/mol. The molecule has 1 rings (SSSR count). The standard InChI is InChI=1S/C16H28N2O/c1-11(2)19-14-8-13(9-18-10-14)15(17)7-12(3)16(4,5)6/h8-12,15H,7,17H2,1-6H3. The quantitative estimate of drug-likeness (QED) is 0.876. The van der Waals surface area contributed by atoms with E-state index in [4.69, 9.17) is 10.5 Å². The summed E-state index contributed by atoms with van der Waals surface area (Å²) < 4.78 is 5.66. The lowest BCUT2D eigenvalue weighted by Gasteiger charge is -2.29. The molecule has 0 aliphatic heterocycles. The van der Waals surface area contributed by atoms with Gasteiger partial charge in [-0.1, -0.05) is 27.7 Å². The van der Waals surface area contributed by atoms with Crippen LogP contribution in [0.2, 0.25) is 0 Å². The lowest BCUT2D eigenvalue weighted by Crippen LogP contribution is -2.23. The van der Waals surface area contributed by atoms with E-state index in [1.807, 2.05) is 26.1 Å². The highest BCUT2D eigenvalue weighted by Crippen LogP contribution is 2.32. The van der Waals surface area contributed by atoms with Crippen LogP contribution >= 0.6 is 0 Å². The number of rotatable bonds is 5. The summed E-state index contributed by atoms with van der Waals surface area (Å²) in [5.41, 5.74) is 7.62. The van der Waals surface area contributed by atoms with Crippen molar-refractivity contribution in [1.29, 1.82) is 0 Å². The van der Waals surface area contributed by atoms with Crippen molar-refractivity contribution in [2.75, 3.05) is 0 Å². The Balaban J connectivity index is 2.74. The average Bonchev–Trinajstić information content (AvgIpc) is 2.27. The van der Waals surface area contributed by atoms with Gasteiger partial charge in [-0.05, 0) is 43.2 Å². The van der Waals surface area contributed by atoms with Crippen LogP contribution in [0.1, 0.15) is 59.6 Å². The Morgan fingerprint density at radius 1 is 1.21 bits per heavy atom. The van der Waals surface area contributed by atoms with E-state index in [1.165, 1.54) is 0 Å². The van der Waals surface area contributed by atoms with Gasteiger partial charge in [0.15, 0.2) is 0 Å². The molecule has 2 atom stereocenters. The van der Waals surface area contributed by atoms with Gasteiger partial charge in [0.25, 0.3) is 0 Å². The molecule has 1 heterocycles. The van der Waals surface area contributed by atoms with Crippen molar-refractivity contribution in [3.63, 3.8) is 0 Å². The average molecular weight is 264 g/mol. The van der Waals surface area contributed by atoms with Crippen molar-refractivity contribution in [2.24, 2.45) is 17.1 Å². The maximum Gasteiger partial charge on any atom is 0.138 e. The Labute approximate surface area is 117 Å². The zero-order chi connectivity index (χ0) is 14.6. The third-order valence-corrected chi connectivity index (χ3v) is 3.62. The van der Waals surface area contributed by atoms with Gasteiger partial charge in [0, 0.05) is 12.2 Å². The first-order valence-corrected chi connectivity index (χ1v) is 7.07. The molecule has 0 fully saturated rings.